The molecule has 0 bridgehead atoms. The van der Waals surface area contributed by atoms with Gasteiger partial charge < -0.3 is 20.1 Å². The van der Waals surface area contributed by atoms with Gasteiger partial charge in [0.25, 0.3) is 5.91 Å². The van der Waals surface area contributed by atoms with E-state index in [1.54, 1.807) is 14.0 Å². The molecule has 25 heavy (non-hydrogen) atoms. The monoisotopic (exact) mass is 345 g/mol. The summed E-state index contributed by atoms with van der Waals surface area (Å²) in [5, 5.41) is 14.5. The summed E-state index contributed by atoms with van der Waals surface area (Å²) in [4.78, 5) is 23.1. The van der Waals surface area contributed by atoms with E-state index in [-0.39, 0.29) is 18.0 Å². The number of ether oxygens (including phenoxy) is 2. The lowest BCUT2D eigenvalue weighted by atomic mass is 10.1. The zero-order chi connectivity index (χ0) is 18.5. The molecule has 0 saturated heterocycles. The molecule has 0 aliphatic heterocycles. The van der Waals surface area contributed by atoms with E-state index in [1.165, 1.54) is 6.20 Å². The van der Waals surface area contributed by atoms with Crippen LogP contribution in [-0.4, -0.2) is 38.7 Å². The summed E-state index contributed by atoms with van der Waals surface area (Å²) in [7, 11) is 1.60. The number of amides is 1. The predicted octanol–water partition coefficient (Wildman–Crippen LogP) is 1.30. The van der Waals surface area contributed by atoms with E-state index in [4.69, 9.17) is 14.7 Å². The van der Waals surface area contributed by atoms with Crippen LogP contribution in [0.4, 0.5) is 0 Å². The van der Waals surface area contributed by atoms with Gasteiger partial charge >= 0.3 is 5.97 Å². The molecular formula is C18H23N3O4. The van der Waals surface area contributed by atoms with Crippen molar-refractivity contribution in [3.8, 4) is 11.8 Å². The lowest BCUT2D eigenvalue weighted by molar-refractivity contribution is -0.142. The van der Waals surface area contributed by atoms with Crippen molar-refractivity contribution >= 4 is 11.9 Å². The van der Waals surface area contributed by atoms with Crippen LogP contribution in [0.15, 0.2) is 36.0 Å². The van der Waals surface area contributed by atoms with E-state index < -0.39 is 5.91 Å². The molecule has 0 atom stereocenters. The van der Waals surface area contributed by atoms with Crippen molar-refractivity contribution in [2.45, 2.75) is 19.8 Å². The summed E-state index contributed by atoms with van der Waals surface area (Å²) in [6, 6.07) is 9.38. The topological polar surface area (TPSA) is 100 Å². The minimum atomic E-state index is -0.459. The minimum Gasteiger partial charge on any atom is -0.497 e. The molecule has 0 spiro atoms. The van der Waals surface area contributed by atoms with Crippen molar-refractivity contribution in [1.82, 2.24) is 10.6 Å². The minimum absolute atomic E-state index is 0.0430. The summed E-state index contributed by atoms with van der Waals surface area (Å²) in [6.45, 7) is 2.76. The lowest BCUT2D eigenvalue weighted by Gasteiger charge is -2.06. The molecule has 0 aliphatic rings. The second-order valence-corrected chi connectivity index (χ2v) is 5.03. The molecular weight excluding hydrogens is 322 g/mol. The molecule has 0 fully saturated rings. The number of methoxy groups -OCH3 is 1. The second-order valence-electron chi connectivity index (χ2n) is 5.03. The van der Waals surface area contributed by atoms with E-state index >= 15 is 0 Å². The lowest BCUT2D eigenvalue weighted by Crippen LogP contribution is -2.28. The van der Waals surface area contributed by atoms with Crippen LogP contribution >= 0.6 is 0 Å². The summed E-state index contributed by atoms with van der Waals surface area (Å²) in [6.07, 6.45) is 2.12. The van der Waals surface area contributed by atoms with E-state index in [1.807, 2.05) is 30.3 Å². The number of rotatable bonds is 10. The first-order chi connectivity index (χ1) is 12.1. The molecule has 1 rings (SSSR count). The highest BCUT2D eigenvalue weighted by Crippen LogP contribution is 2.11. The van der Waals surface area contributed by atoms with E-state index in [9.17, 15) is 9.59 Å². The van der Waals surface area contributed by atoms with Gasteiger partial charge in [0.1, 0.15) is 17.4 Å². The SMILES string of the molecule is CCOC(=O)CCN/C=C(/C#N)C(=O)NCCc1ccc(OC)cc1. The maximum absolute atomic E-state index is 11.9. The molecule has 0 saturated carbocycles. The van der Waals surface area contributed by atoms with Crippen molar-refractivity contribution in [3.63, 3.8) is 0 Å². The molecule has 1 amide bonds. The summed E-state index contributed by atoms with van der Waals surface area (Å²) >= 11 is 0. The van der Waals surface area contributed by atoms with Crippen molar-refractivity contribution in [3.05, 3.63) is 41.6 Å². The number of esters is 1. The van der Waals surface area contributed by atoms with Crippen LogP contribution in [0.5, 0.6) is 5.75 Å². The molecule has 0 unspecified atom stereocenters. The van der Waals surface area contributed by atoms with E-state index in [0.29, 0.717) is 26.1 Å². The fraction of sp³-hybridized carbons (Fsp3) is 0.389. The van der Waals surface area contributed by atoms with Gasteiger partial charge in [-0.15, -0.1) is 0 Å². The predicted molar refractivity (Wildman–Crippen MR) is 92.7 cm³/mol. The number of benzene rings is 1. The molecule has 134 valence electrons. The van der Waals surface area contributed by atoms with Gasteiger partial charge in [-0.2, -0.15) is 5.26 Å². The largest absolute Gasteiger partial charge is 0.497 e. The molecule has 1 aromatic rings. The van der Waals surface area contributed by atoms with Gasteiger partial charge in [-0.1, -0.05) is 12.1 Å². The Labute approximate surface area is 147 Å². The van der Waals surface area contributed by atoms with Crippen molar-refractivity contribution in [1.29, 1.82) is 5.26 Å². The molecule has 0 heterocycles. The number of carbonyl (C=O) groups excluding carboxylic acids is 2. The summed E-state index contributed by atoms with van der Waals surface area (Å²) < 4.78 is 9.86. The Kier molecular flexibility index (Phi) is 9.23. The van der Waals surface area contributed by atoms with Crippen molar-refractivity contribution in [2.75, 3.05) is 26.8 Å². The Morgan fingerprint density at radius 1 is 1.24 bits per heavy atom. The molecule has 1 aromatic carbocycles. The Bertz CT molecular complexity index is 633. The van der Waals surface area contributed by atoms with Gasteiger partial charge in [-0.3, -0.25) is 9.59 Å². The van der Waals surface area contributed by atoms with Gasteiger partial charge in [0.2, 0.25) is 0 Å². The third-order valence-corrected chi connectivity index (χ3v) is 3.25. The molecule has 7 nitrogen and oxygen atoms in total. The highest BCUT2D eigenvalue weighted by Gasteiger charge is 2.08. The quantitative estimate of drug-likeness (QED) is 0.287. The van der Waals surface area contributed by atoms with Crippen LogP contribution in [0.25, 0.3) is 0 Å². The van der Waals surface area contributed by atoms with Crippen molar-refractivity contribution < 1.29 is 19.1 Å². The Morgan fingerprint density at radius 3 is 2.56 bits per heavy atom. The molecule has 7 heteroatoms. The fourth-order valence-electron chi connectivity index (χ4n) is 1.94. The Morgan fingerprint density at radius 2 is 1.96 bits per heavy atom. The summed E-state index contributed by atoms with van der Waals surface area (Å²) in [5.41, 5.74) is 1.01. The first-order valence-electron chi connectivity index (χ1n) is 8.01. The zero-order valence-corrected chi connectivity index (χ0v) is 14.5. The number of carbonyl (C=O) groups is 2. The molecule has 0 aliphatic carbocycles. The van der Waals surface area contributed by atoms with Gasteiger partial charge in [0.05, 0.1) is 20.1 Å². The normalized spacial score (nSPS) is 10.5. The molecule has 0 radical (unpaired) electrons. The molecule has 2 N–H and O–H groups in total. The average Bonchev–Trinajstić information content (AvgIpc) is 2.62. The van der Waals surface area contributed by atoms with Gasteiger partial charge in [0, 0.05) is 19.3 Å². The van der Waals surface area contributed by atoms with Crippen LogP contribution in [0.2, 0.25) is 0 Å². The Hall–Kier alpha value is -3.01. The number of hydrogen-bond acceptors (Lipinski definition) is 6. The van der Waals surface area contributed by atoms with Crippen LogP contribution in [0.3, 0.4) is 0 Å². The number of nitrogens with zero attached hydrogens (tertiary/aromatic N) is 1. The molecule has 0 aromatic heterocycles. The third-order valence-electron chi connectivity index (χ3n) is 3.25. The highest BCUT2D eigenvalue weighted by molar-refractivity contribution is 5.97. The number of nitriles is 1. The van der Waals surface area contributed by atoms with E-state index in [0.717, 1.165) is 11.3 Å². The maximum atomic E-state index is 11.9. The van der Waals surface area contributed by atoms with Crippen LogP contribution < -0.4 is 15.4 Å². The van der Waals surface area contributed by atoms with Crippen LogP contribution in [-0.2, 0) is 20.7 Å². The number of nitrogens with one attached hydrogen (secondary N) is 2. The summed E-state index contributed by atoms with van der Waals surface area (Å²) in [5.74, 6) is -0.0122. The third kappa shape index (κ3) is 7.88. The number of hydrogen-bond donors (Lipinski definition) is 2. The maximum Gasteiger partial charge on any atom is 0.307 e. The first kappa shape index (κ1) is 20.0. The Balaban J connectivity index is 2.36. The van der Waals surface area contributed by atoms with Crippen LogP contribution in [0.1, 0.15) is 18.9 Å². The fourth-order valence-corrected chi connectivity index (χ4v) is 1.94. The zero-order valence-electron chi connectivity index (χ0n) is 14.5. The van der Waals surface area contributed by atoms with Crippen LogP contribution in [0, 0.1) is 11.3 Å². The second kappa shape index (κ2) is 11.5. The average molecular weight is 345 g/mol. The first-order valence-corrected chi connectivity index (χ1v) is 8.01. The highest BCUT2D eigenvalue weighted by atomic mass is 16.5. The van der Waals surface area contributed by atoms with Gasteiger partial charge in [0.15, 0.2) is 0 Å². The van der Waals surface area contributed by atoms with Crippen molar-refractivity contribution in [2.24, 2.45) is 0 Å². The standard InChI is InChI=1S/C18H23N3O4/c1-3-25-17(22)9-10-20-13-15(12-19)18(23)21-11-8-14-4-6-16(24-2)7-5-14/h4-7,13,20H,3,8-11H2,1-2H3,(H,21,23)/b15-13-. The van der Waals surface area contributed by atoms with E-state index in [2.05, 4.69) is 10.6 Å². The van der Waals surface area contributed by atoms with Gasteiger partial charge in [-0.25, -0.2) is 0 Å². The van der Waals surface area contributed by atoms with Gasteiger partial charge in [-0.05, 0) is 31.0 Å². The smallest absolute Gasteiger partial charge is 0.307 e.